The first-order chi connectivity index (χ1) is 12.1. The number of rotatable bonds is 7. The van der Waals surface area contributed by atoms with Gasteiger partial charge in [-0.05, 0) is 18.9 Å². The van der Waals surface area contributed by atoms with Crippen molar-refractivity contribution in [3.63, 3.8) is 0 Å². The lowest BCUT2D eigenvalue weighted by molar-refractivity contribution is 0.334. The van der Waals surface area contributed by atoms with Crippen LogP contribution in [0.25, 0.3) is 0 Å². The highest BCUT2D eigenvalue weighted by molar-refractivity contribution is 6.32. The zero-order valence-electron chi connectivity index (χ0n) is 14.1. The van der Waals surface area contributed by atoms with Crippen molar-refractivity contribution in [2.75, 3.05) is 36.8 Å². The van der Waals surface area contributed by atoms with E-state index in [4.69, 9.17) is 16.9 Å². The number of nitrogens with one attached hydrogen (secondary N) is 2. The number of hydrogen-bond acceptors (Lipinski definition) is 7. The van der Waals surface area contributed by atoms with E-state index < -0.39 is 0 Å². The number of nitriles is 1. The predicted molar refractivity (Wildman–Crippen MR) is 96.8 cm³/mol. The maximum absolute atomic E-state index is 8.68. The van der Waals surface area contributed by atoms with Crippen molar-refractivity contribution in [1.29, 1.82) is 5.26 Å². The summed E-state index contributed by atoms with van der Waals surface area (Å²) in [5.41, 5.74) is 0.819. The Kier molecular flexibility index (Phi) is 5.68. The van der Waals surface area contributed by atoms with E-state index in [1.807, 2.05) is 13.2 Å². The van der Waals surface area contributed by atoms with Gasteiger partial charge in [-0.1, -0.05) is 11.6 Å². The third-order valence-corrected chi connectivity index (χ3v) is 4.45. The van der Waals surface area contributed by atoms with Crippen LogP contribution in [0.2, 0.25) is 5.02 Å². The van der Waals surface area contributed by atoms with Gasteiger partial charge < -0.3 is 15.5 Å². The first-order valence-electron chi connectivity index (χ1n) is 8.25. The predicted octanol–water partition coefficient (Wildman–Crippen LogP) is 2.25. The van der Waals surface area contributed by atoms with E-state index in [0.29, 0.717) is 29.1 Å². The van der Waals surface area contributed by atoms with Crippen LogP contribution < -0.4 is 10.6 Å². The number of anilines is 3. The summed E-state index contributed by atoms with van der Waals surface area (Å²) in [6.07, 6.45) is 6.84. The van der Waals surface area contributed by atoms with Crippen molar-refractivity contribution in [1.82, 2.24) is 24.6 Å². The van der Waals surface area contributed by atoms with Crippen molar-refractivity contribution in [3.8, 4) is 6.07 Å². The normalized spacial score (nSPS) is 17.4. The summed E-state index contributed by atoms with van der Waals surface area (Å²) in [6, 6.07) is 2.20. The van der Waals surface area contributed by atoms with Gasteiger partial charge in [0.25, 0.3) is 0 Å². The third-order valence-electron chi connectivity index (χ3n) is 4.17. The Morgan fingerprint density at radius 1 is 1.44 bits per heavy atom. The molecule has 1 atom stereocenters. The molecule has 0 aromatic carbocycles. The number of nitrogens with zero attached hydrogens (tertiary/aromatic N) is 6. The first kappa shape index (κ1) is 17.5. The van der Waals surface area contributed by atoms with Gasteiger partial charge in [-0.2, -0.15) is 15.3 Å². The van der Waals surface area contributed by atoms with Gasteiger partial charge in [0.15, 0.2) is 5.82 Å². The molecule has 0 amide bonds. The quantitative estimate of drug-likeness (QED) is 0.781. The Morgan fingerprint density at radius 3 is 3.08 bits per heavy atom. The molecule has 1 aliphatic heterocycles. The lowest BCUT2D eigenvalue weighted by atomic mass is 10.1. The summed E-state index contributed by atoms with van der Waals surface area (Å²) < 4.78 is 1.70. The largest absolute Gasteiger partial charge is 0.368 e. The van der Waals surface area contributed by atoms with Crippen LogP contribution in [0, 0.1) is 17.2 Å². The molecule has 1 unspecified atom stereocenters. The second-order valence-electron chi connectivity index (χ2n) is 6.16. The van der Waals surface area contributed by atoms with Crippen molar-refractivity contribution in [2.45, 2.75) is 12.8 Å². The lowest BCUT2D eigenvalue weighted by Gasteiger charge is -2.15. The average molecular weight is 361 g/mol. The highest BCUT2D eigenvalue weighted by Crippen LogP contribution is 2.23. The molecule has 2 aromatic heterocycles. The molecule has 1 fully saturated rings. The van der Waals surface area contributed by atoms with E-state index in [9.17, 15) is 0 Å². The molecule has 3 rings (SSSR count). The van der Waals surface area contributed by atoms with Crippen LogP contribution >= 0.6 is 11.6 Å². The van der Waals surface area contributed by atoms with Crippen LogP contribution in [0.15, 0.2) is 18.6 Å². The summed E-state index contributed by atoms with van der Waals surface area (Å²) in [5, 5.41) is 19.7. The summed E-state index contributed by atoms with van der Waals surface area (Å²) >= 11 is 6.21. The van der Waals surface area contributed by atoms with Crippen LogP contribution in [-0.4, -0.2) is 50.8 Å². The molecule has 0 saturated carbocycles. The molecule has 8 nitrogen and oxygen atoms in total. The SMILES string of the molecule is Cn1cc(Nc2ncc(Cl)c(NCC3CCN(CCC#N)C3)n2)cn1. The second kappa shape index (κ2) is 8.14. The monoisotopic (exact) mass is 360 g/mol. The fourth-order valence-electron chi connectivity index (χ4n) is 2.90. The van der Waals surface area contributed by atoms with E-state index in [1.165, 1.54) is 0 Å². The number of aromatic nitrogens is 4. The summed E-state index contributed by atoms with van der Waals surface area (Å²) in [7, 11) is 1.85. The Morgan fingerprint density at radius 2 is 2.32 bits per heavy atom. The Balaban J connectivity index is 1.55. The van der Waals surface area contributed by atoms with Crippen molar-refractivity contribution in [3.05, 3.63) is 23.6 Å². The minimum absolute atomic E-state index is 0.474. The minimum atomic E-state index is 0.474. The zero-order valence-corrected chi connectivity index (χ0v) is 14.9. The van der Waals surface area contributed by atoms with Crippen molar-refractivity contribution in [2.24, 2.45) is 13.0 Å². The molecule has 132 valence electrons. The highest BCUT2D eigenvalue weighted by Gasteiger charge is 2.22. The number of likely N-dealkylation sites (tertiary alicyclic amines) is 1. The lowest BCUT2D eigenvalue weighted by Crippen LogP contribution is -2.24. The average Bonchev–Trinajstić information content (AvgIpc) is 3.22. The van der Waals surface area contributed by atoms with E-state index in [-0.39, 0.29) is 0 Å². The molecule has 2 aromatic rings. The number of halogens is 1. The summed E-state index contributed by atoms with van der Waals surface area (Å²) in [5.74, 6) is 1.62. The highest BCUT2D eigenvalue weighted by atomic mass is 35.5. The van der Waals surface area contributed by atoms with Crippen molar-refractivity contribution < 1.29 is 0 Å². The molecule has 25 heavy (non-hydrogen) atoms. The van der Waals surface area contributed by atoms with E-state index in [2.05, 4.69) is 36.7 Å². The maximum atomic E-state index is 8.68. The van der Waals surface area contributed by atoms with E-state index in [1.54, 1.807) is 17.1 Å². The van der Waals surface area contributed by atoms with Gasteiger partial charge in [0.2, 0.25) is 5.95 Å². The molecular weight excluding hydrogens is 340 g/mol. The molecule has 3 heterocycles. The van der Waals surface area contributed by atoms with Gasteiger partial charge >= 0.3 is 0 Å². The van der Waals surface area contributed by atoms with Crippen LogP contribution in [-0.2, 0) is 7.05 Å². The van der Waals surface area contributed by atoms with E-state index in [0.717, 1.165) is 38.3 Å². The fraction of sp³-hybridized carbons (Fsp3) is 0.500. The molecule has 0 spiro atoms. The van der Waals surface area contributed by atoms with Gasteiger partial charge in [-0.15, -0.1) is 0 Å². The molecule has 0 radical (unpaired) electrons. The Hall–Kier alpha value is -2.37. The number of hydrogen-bond donors (Lipinski definition) is 2. The minimum Gasteiger partial charge on any atom is -0.368 e. The van der Waals surface area contributed by atoms with E-state index >= 15 is 0 Å². The molecule has 1 saturated heterocycles. The van der Waals surface area contributed by atoms with Gasteiger partial charge in [0.1, 0.15) is 5.02 Å². The van der Waals surface area contributed by atoms with Gasteiger partial charge in [0.05, 0.1) is 24.2 Å². The number of aryl methyl sites for hydroxylation is 1. The smallest absolute Gasteiger partial charge is 0.229 e. The molecule has 1 aliphatic rings. The molecule has 2 N–H and O–H groups in total. The molecular formula is C16H21ClN8. The second-order valence-corrected chi connectivity index (χ2v) is 6.57. The van der Waals surface area contributed by atoms with Crippen LogP contribution in [0.4, 0.5) is 17.5 Å². The third kappa shape index (κ3) is 4.81. The van der Waals surface area contributed by atoms with Gasteiger partial charge in [-0.25, -0.2) is 4.98 Å². The molecule has 0 bridgehead atoms. The van der Waals surface area contributed by atoms with Crippen LogP contribution in [0.5, 0.6) is 0 Å². The Bertz CT molecular complexity index is 753. The van der Waals surface area contributed by atoms with Crippen molar-refractivity contribution >= 4 is 29.1 Å². The van der Waals surface area contributed by atoms with Crippen LogP contribution in [0.1, 0.15) is 12.8 Å². The van der Waals surface area contributed by atoms with Gasteiger partial charge in [0, 0.05) is 39.3 Å². The summed E-state index contributed by atoms with van der Waals surface area (Å²) in [4.78, 5) is 11.0. The fourth-order valence-corrected chi connectivity index (χ4v) is 3.06. The standard InChI is InChI=1S/C16H21ClN8/c1-24-11-13(8-21-24)22-16-20-9-14(17)15(23-16)19-7-12-3-6-25(10-12)5-2-4-18/h8-9,11-12H,2-3,5-7,10H2,1H3,(H2,19,20,22,23). The first-order valence-corrected chi connectivity index (χ1v) is 8.63. The topological polar surface area (TPSA) is 94.7 Å². The molecule has 9 heteroatoms. The van der Waals surface area contributed by atoms with Crippen LogP contribution in [0.3, 0.4) is 0 Å². The maximum Gasteiger partial charge on any atom is 0.229 e. The summed E-state index contributed by atoms with van der Waals surface area (Å²) in [6.45, 7) is 3.68. The zero-order chi connectivity index (χ0) is 17.6. The Labute approximate surface area is 151 Å². The van der Waals surface area contributed by atoms with Gasteiger partial charge in [-0.3, -0.25) is 4.68 Å². The molecule has 0 aliphatic carbocycles.